The second-order valence-electron chi connectivity index (χ2n) is 5.34. The van der Waals surface area contributed by atoms with Crippen LogP contribution in [0.5, 0.6) is 5.75 Å². The summed E-state index contributed by atoms with van der Waals surface area (Å²) in [5.41, 5.74) is 4.49. The molecular weight excluding hydrogens is 264 g/mol. The Bertz CT molecular complexity index is 796. The van der Waals surface area contributed by atoms with E-state index in [9.17, 15) is 0 Å². The molecule has 3 heterocycles. The molecule has 0 saturated heterocycles. The van der Waals surface area contributed by atoms with Crippen LogP contribution in [0.2, 0.25) is 0 Å². The summed E-state index contributed by atoms with van der Waals surface area (Å²) in [4.78, 5) is 6.58. The molecule has 106 valence electrons. The number of aromatic nitrogens is 3. The van der Waals surface area contributed by atoms with Crippen molar-refractivity contribution in [3.63, 3.8) is 0 Å². The number of nitrogens with zero attached hydrogens (tertiary/aromatic N) is 4. The average molecular weight is 280 g/mol. The Kier molecular flexibility index (Phi) is 2.77. The van der Waals surface area contributed by atoms with Gasteiger partial charge in [-0.15, -0.1) is 0 Å². The van der Waals surface area contributed by atoms with Gasteiger partial charge < -0.3 is 9.64 Å². The number of fused-ring (bicyclic) bond motifs is 2. The van der Waals surface area contributed by atoms with Crippen LogP contribution in [0.25, 0.3) is 5.65 Å². The minimum Gasteiger partial charge on any atom is -0.490 e. The summed E-state index contributed by atoms with van der Waals surface area (Å²) in [6.45, 7) is 4.56. The minimum atomic E-state index is 0.726. The quantitative estimate of drug-likeness (QED) is 0.723. The van der Waals surface area contributed by atoms with E-state index in [1.54, 1.807) is 10.8 Å². The van der Waals surface area contributed by atoms with Crippen molar-refractivity contribution >= 4 is 11.3 Å². The van der Waals surface area contributed by atoms with Crippen molar-refractivity contribution in [1.29, 1.82) is 0 Å². The van der Waals surface area contributed by atoms with Gasteiger partial charge >= 0.3 is 0 Å². The van der Waals surface area contributed by atoms with Crippen LogP contribution >= 0.6 is 0 Å². The highest BCUT2D eigenvalue weighted by Gasteiger charge is 2.18. The van der Waals surface area contributed by atoms with E-state index in [0.717, 1.165) is 36.8 Å². The third kappa shape index (κ3) is 2.20. The van der Waals surface area contributed by atoms with Gasteiger partial charge in [0.05, 0.1) is 12.2 Å². The Balaban J connectivity index is 1.65. The van der Waals surface area contributed by atoms with Crippen molar-refractivity contribution in [3.05, 3.63) is 54.0 Å². The van der Waals surface area contributed by atoms with Gasteiger partial charge in [0, 0.05) is 12.7 Å². The zero-order valence-corrected chi connectivity index (χ0v) is 11.9. The first-order valence-electron chi connectivity index (χ1n) is 7.06. The molecule has 1 aromatic carbocycles. The molecule has 1 aliphatic heterocycles. The number of benzene rings is 1. The zero-order valence-electron chi connectivity index (χ0n) is 11.9. The molecule has 0 N–H and O–H groups in total. The normalized spacial score (nSPS) is 14.0. The summed E-state index contributed by atoms with van der Waals surface area (Å²) in [6.07, 6.45) is 3.53. The molecule has 0 unspecified atom stereocenters. The first-order chi connectivity index (χ1) is 10.3. The van der Waals surface area contributed by atoms with Gasteiger partial charge in [-0.05, 0) is 42.3 Å². The molecule has 3 aromatic rings. The topological polar surface area (TPSA) is 42.7 Å². The fourth-order valence-electron chi connectivity index (χ4n) is 2.72. The van der Waals surface area contributed by atoms with Crippen molar-refractivity contribution in [2.45, 2.75) is 13.5 Å². The molecular formula is C16H16N4O. The lowest BCUT2D eigenvalue weighted by atomic mass is 10.1. The smallest absolute Gasteiger partial charge is 0.155 e. The Morgan fingerprint density at radius 2 is 2.19 bits per heavy atom. The highest BCUT2D eigenvalue weighted by molar-refractivity contribution is 5.61. The van der Waals surface area contributed by atoms with Gasteiger partial charge in [0.15, 0.2) is 5.65 Å². The summed E-state index contributed by atoms with van der Waals surface area (Å²) < 4.78 is 7.54. The van der Waals surface area contributed by atoms with Gasteiger partial charge in [-0.3, -0.25) is 0 Å². The largest absolute Gasteiger partial charge is 0.490 e. The number of hydrogen-bond acceptors (Lipinski definition) is 4. The van der Waals surface area contributed by atoms with Crippen LogP contribution in [-0.2, 0) is 6.54 Å². The van der Waals surface area contributed by atoms with E-state index in [0.29, 0.717) is 0 Å². The first kappa shape index (κ1) is 12.2. The van der Waals surface area contributed by atoms with Crippen LogP contribution in [0.1, 0.15) is 11.1 Å². The third-order valence-electron chi connectivity index (χ3n) is 3.79. The fraction of sp³-hybridized carbons (Fsp3) is 0.250. The lowest BCUT2D eigenvalue weighted by molar-refractivity contribution is 0.306. The van der Waals surface area contributed by atoms with Gasteiger partial charge in [0.1, 0.15) is 18.7 Å². The highest BCUT2D eigenvalue weighted by atomic mass is 16.5. The molecule has 0 spiro atoms. The van der Waals surface area contributed by atoms with Crippen LogP contribution in [0, 0.1) is 6.92 Å². The van der Waals surface area contributed by atoms with E-state index >= 15 is 0 Å². The number of rotatable bonds is 2. The Morgan fingerprint density at radius 3 is 3.14 bits per heavy atom. The van der Waals surface area contributed by atoms with Crippen LogP contribution in [0.3, 0.4) is 0 Å². The third-order valence-corrected chi connectivity index (χ3v) is 3.79. The van der Waals surface area contributed by atoms with E-state index in [-0.39, 0.29) is 0 Å². The lowest BCUT2D eigenvalue weighted by Crippen LogP contribution is -2.32. The van der Waals surface area contributed by atoms with Gasteiger partial charge in [-0.2, -0.15) is 5.10 Å². The van der Waals surface area contributed by atoms with Crippen LogP contribution in [-0.4, -0.2) is 27.7 Å². The molecule has 5 heteroatoms. The maximum Gasteiger partial charge on any atom is 0.155 e. The molecule has 0 radical (unpaired) electrons. The maximum atomic E-state index is 5.76. The fourth-order valence-corrected chi connectivity index (χ4v) is 2.72. The van der Waals surface area contributed by atoms with Gasteiger partial charge in [-0.25, -0.2) is 9.50 Å². The van der Waals surface area contributed by atoms with Crippen molar-refractivity contribution in [2.75, 3.05) is 18.1 Å². The van der Waals surface area contributed by atoms with Crippen LogP contribution < -0.4 is 9.64 Å². The maximum absolute atomic E-state index is 5.76. The van der Waals surface area contributed by atoms with Crippen molar-refractivity contribution in [2.24, 2.45) is 0 Å². The minimum absolute atomic E-state index is 0.726. The first-order valence-corrected chi connectivity index (χ1v) is 7.06. The summed E-state index contributed by atoms with van der Waals surface area (Å²) >= 11 is 0. The Hall–Kier alpha value is -2.56. The standard InChI is InChI=1S/C16H16N4O/c1-12-2-3-14-15(8-12)21-7-6-19(14)10-13-4-5-20-16(9-13)17-11-18-20/h2-5,8-9,11H,6-7,10H2,1H3. The van der Waals surface area contributed by atoms with Crippen molar-refractivity contribution in [1.82, 2.24) is 14.6 Å². The summed E-state index contributed by atoms with van der Waals surface area (Å²) in [6, 6.07) is 10.5. The number of anilines is 1. The molecule has 0 amide bonds. The van der Waals surface area contributed by atoms with E-state index in [1.807, 2.05) is 6.20 Å². The number of pyridine rings is 1. The van der Waals surface area contributed by atoms with E-state index < -0.39 is 0 Å². The summed E-state index contributed by atoms with van der Waals surface area (Å²) in [5, 5.41) is 4.12. The summed E-state index contributed by atoms with van der Waals surface area (Å²) in [7, 11) is 0. The Morgan fingerprint density at radius 1 is 1.24 bits per heavy atom. The molecule has 0 saturated carbocycles. The SMILES string of the molecule is Cc1ccc2c(c1)OCCN2Cc1ccn2ncnc2c1. The average Bonchev–Trinajstić information content (AvgIpc) is 2.95. The number of ether oxygens (including phenoxy) is 1. The van der Waals surface area contributed by atoms with Crippen LogP contribution in [0.4, 0.5) is 5.69 Å². The second kappa shape index (κ2) is 4.77. The highest BCUT2D eigenvalue weighted by Crippen LogP contribution is 2.33. The second-order valence-corrected chi connectivity index (χ2v) is 5.34. The lowest BCUT2D eigenvalue weighted by Gasteiger charge is -2.31. The van der Waals surface area contributed by atoms with E-state index in [4.69, 9.17) is 4.74 Å². The molecule has 21 heavy (non-hydrogen) atoms. The predicted molar refractivity (Wildman–Crippen MR) is 80.7 cm³/mol. The molecule has 5 nitrogen and oxygen atoms in total. The molecule has 0 aliphatic carbocycles. The zero-order chi connectivity index (χ0) is 14.2. The summed E-state index contributed by atoms with van der Waals surface area (Å²) in [5.74, 6) is 0.977. The monoisotopic (exact) mass is 280 g/mol. The van der Waals surface area contributed by atoms with Crippen molar-refractivity contribution in [3.8, 4) is 5.75 Å². The molecule has 2 aromatic heterocycles. The van der Waals surface area contributed by atoms with Crippen molar-refractivity contribution < 1.29 is 4.74 Å². The van der Waals surface area contributed by atoms with Gasteiger partial charge in [-0.1, -0.05) is 6.07 Å². The predicted octanol–water partition coefficient (Wildman–Crippen LogP) is 2.44. The molecule has 0 atom stereocenters. The number of hydrogen-bond donors (Lipinski definition) is 0. The molecule has 0 bridgehead atoms. The van der Waals surface area contributed by atoms with Crippen LogP contribution in [0.15, 0.2) is 42.9 Å². The van der Waals surface area contributed by atoms with E-state index in [1.165, 1.54) is 11.1 Å². The van der Waals surface area contributed by atoms with Gasteiger partial charge in [0.25, 0.3) is 0 Å². The van der Waals surface area contributed by atoms with E-state index in [2.05, 4.69) is 52.2 Å². The Labute approximate surface area is 122 Å². The molecule has 1 aliphatic rings. The van der Waals surface area contributed by atoms with Gasteiger partial charge in [0.2, 0.25) is 0 Å². The molecule has 4 rings (SSSR count). The molecule has 0 fully saturated rings. The number of aryl methyl sites for hydroxylation is 1.